The number of furan rings is 1. The summed E-state index contributed by atoms with van der Waals surface area (Å²) in [5.74, 6) is 0.961. The van der Waals surface area contributed by atoms with Gasteiger partial charge in [0.1, 0.15) is 11.3 Å². The Morgan fingerprint density at radius 1 is 1.28 bits per heavy atom. The first-order chi connectivity index (χ1) is 8.81. The molecule has 2 aromatic heterocycles. The van der Waals surface area contributed by atoms with Crippen LogP contribution < -0.4 is 5.32 Å². The number of nitrogens with one attached hydrogen (secondary N) is 1. The lowest BCUT2D eigenvalue weighted by Crippen LogP contribution is -2.12. The lowest BCUT2D eigenvalue weighted by molar-refractivity contribution is 0.512. The molecule has 0 aliphatic heterocycles. The van der Waals surface area contributed by atoms with Gasteiger partial charge in [-0.25, -0.2) is 4.98 Å². The topological polar surface area (TPSA) is 38.1 Å². The number of para-hydroxylation sites is 1. The fourth-order valence-corrected chi connectivity index (χ4v) is 2.54. The van der Waals surface area contributed by atoms with Crippen LogP contribution in [-0.4, -0.2) is 4.98 Å². The fourth-order valence-electron chi connectivity index (χ4n) is 1.93. The molecule has 3 rings (SSSR count). The number of benzene rings is 1. The summed E-state index contributed by atoms with van der Waals surface area (Å²) in [6.07, 6.45) is 0. The molecule has 0 atom stereocenters. The molecule has 0 radical (unpaired) electrons. The average Bonchev–Trinajstić information content (AvgIpc) is 2.95. The van der Waals surface area contributed by atoms with Gasteiger partial charge < -0.3 is 9.73 Å². The smallest absolute Gasteiger partial charge is 0.134 e. The Hall–Kier alpha value is -1.65. The molecule has 92 valence electrons. The Kier molecular flexibility index (Phi) is 3.13. The van der Waals surface area contributed by atoms with Gasteiger partial charge in [-0.1, -0.05) is 18.2 Å². The lowest BCUT2D eigenvalue weighted by atomic mass is 10.2. The molecular formula is C14H14N2OS. The maximum absolute atomic E-state index is 5.73. The van der Waals surface area contributed by atoms with E-state index in [4.69, 9.17) is 4.42 Å². The van der Waals surface area contributed by atoms with Gasteiger partial charge in [0.15, 0.2) is 0 Å². The summed E-state index contributed by atoms with van der Waals surface area (Å²) in [5, 5.41) is 7.69. The minimum atomic E-state index is 0.727. The van der Waals surface area contributed by atoms with E-state index in [-0.39, 0.29) is 0 Å². The molecular weight excluding hydrogens is 244 g/mol. The molecule has 18 heavy (non-hydrogen) atoms. The number of thiazole rings is 1. The molecule has 0 amide bonds. The van der Waals surface area contributed by atoms with Crippen LogP contribution in [0.1, 0.15) is 16.5 Å². The minimum Gasteiger partial charge on any atom is -0.460 e. The van der Waals surface area contributed by atoms with Crippen LogP contribution in [0.15, 0.2) is 40.1 Å². The Balaban J connectivity index is 1.62. The number of hydrogen-bond acceptors (Lipinski definition) is 4. The summed E-state index contributed by atoms with van der Waals surface area (Å²) in [4.78, 5) is 4.41. The van der Waals surface area contributed by atoms with Crippen LogP contribution in [0, 0.1) is 6.92 Å². The number of aromatic nitrogens is 1. The number of hydrogen-bond donors (Lipinski definition) is 1. The molecule has 0 aliphatic carbocycles. The fraction of sp³-hybridized carbons (Fsp3) is 0.214. The van der Waals surface area contributed by atoms with Crippen molar-refractivity contribution in [2.24, 2.45) is 0 Å². The van der Waals surface area contributed by atoms with Crippen molar-refractivity contribution in [3.63, 3.8) is 0 Å². The number of rotatable bonds is 4. The second-order valence-corrected chi connectivity index (χ2v) is 5.27. The van der Waals surface area contributed by atoms with E-state index in [1.807, 2.05) is 25.1 Å². The Morgan fingerprint density at radius 3 is 2.94 bits per heavy atom. The van der Waals surface area contributed by atoms with E-state index in [2.05, 4.69) is 27.8 Å². The van der Waals surface area contributed by atoms with E-state index in [0.29, 0.717) is 0 Å². The molecule has 1 aromatic carbocycles. The third kappa shape index (κ3) is 2.44. The average molecular weight is 258 g/mol. The predicted molar refractivity (Wildman–Crippen MR) is 73.6 cm³/mol. The first-order valence-corrected chi connectivity index (χ1v) is 6.78. The van der Waals surface area contributed by atoms with E-state index in [9.17, 15) is 0 Å². The third-order valence-corrected chi connectivity index (χ3v) is 3.57. The maximum atomic E-state index is 5.73. The molecule has 0 bridgehead atoms. The summed E-state index contributed by atoms with van der Waals surface area (Å²) >= 11 is 1.68. The van der Waals surface area contributed by atoms with Crippen LogP contribution in [0.25, 0.3) is 11.0 Å². The van der Waals surface area contributed by atoms with Crippen LogP contribution in [0.4, 0.5) is 0 Å². The molecule has 0 spiro atoms. The predicted octanol–water partition coefficient (Wildman–Crippen LogP) is 3.49. The summed E-state index contributed by atoms with van der Waals surface area (Å²) in [6, 6.07) is 10.1. The standard InChI is InChI=1S/C14H14N2OS/c1-10-16-12(9-18-10)7-15-8-13-6-11-4-2-3-5-14(11)17-13/h2-6,9,15H,7-8H2,1H3. The van der Waals surface area contributed by atoms with E-state index < -0.39 is 0 Å². The van der Waals surface area contributed by atoms with Gasteiger partial charge in [-0.05, 0) is 19.1 Å². The van der Waals surface area contributed by atoms with Crippen molar-refractivity contribution in [2.45, 2.75) is 20.0 Å². The summed E-state index contributed by atoms with van der Waals surface area (Å²) in [6.45, 7) is 3.53. The number of aryl methyl sites for hydroxylation is 1. The molecule has 2 heterocycles. The van der Waals surface area contributed by atoms with Crippen LogP contribution in [-0.2, 0) is 13.1 Å². The van der Waals surface area contributed by atoms with Crippen LogP contribution in [0.2, 0.25) is 0 Å². The molecule has 4 heteroatoms. The van der Waals surface area contributed by atoms with Crippen molar-refractivity contribution in [3.05, 3.63) is 52.2 Å². The minimum absolute atomic E-state index is 0.727. The molecule has 0 unspecified atom stereocenters. The Labute approximate surface area is 109 Å². The number of fused-ring (bicyclic) bond motifs is 1. The Bertz CT molecular complexity index is 623. The maximum Gasteiger partial charge on any atom is 0.134 e. The number of nitrogens with zero attached hydrogens (tertiary/aromatic N) is 1. The van der Waals surface area contributed by atoms with Gasteiger partial charge in [-0.3, -0.25) is 0 Å². The monoisotopic (exact) mass is 258 g/mol. The van der Waals surface area contributed by atoms with E-state index >= 15 is 0 Å². The van der Waals surface area contributed by atoms with Gasteiger partial charge in [-0.15, -0.1) is 11.3 Å². The highest BCUT2D eigenvalue weighted by Gasteiger charge is 2.03. The molecule has 0 saturated carbocycles. The van der Waals surface area contributed by atoms with Crippen molar-refractivity contribution in [1.82, 2.24) is 10.3 Å². The van der Waals surface area contributed by atoms with Crippen LogP contribution >= 0.6 is 11.3 Å². The van der Waals surface area contributed by atoms with Gasteiger partial charge in [-0.2, -0.15) is 0 Å². The first-order valence-electron chi connectivity index (χ1n) is 5.90. The van der Waals surface area contributed by atoms with Gasteiger partial charge in [0.25, 0.3) is 0 Å². The highest BCUT2D eigenvalue weighted by molar-refractivity contribution is 7.09. The highest BCUT2D eigenvalue weighted by Crippen LogP contribution is 2.18. The van der Waals surface area contributed by atoms with Crippen molar-refractivity contribution < 1.29 is 4.42 Å². The highest BCUT2D eigenvalue weighted by atomic mass is 32.1. The molecule has 1 N–H and O–H groups in total. The molecule has 0 saturated heterocycles. The zero-order valence-electron chi connectivity index (χ0n) is 10.1. The van der Waals surface area contributed by atoms with Gasteiger partial charge in [0.05, 0.1) is 17.2 Å². The molecule has 0 aliphatic rings. The van der Waals surface area contributed by atoms with Crippen molar-refractivity contribution >= 4 is 22.3 Å². The first kappa shape index (κ1) is 11.4. The van der Waals surface area contributed by atoms with Crippen molar-refractivity contribution in [1.29, 1.82) is 0 Å². The molecule has 0 fully saturated rings. The van der Waals surface area contributed by atoms with Gasteiger partial charge in [0, 0.05) is 17.3 Å². The zero-order valence-corrected chi connectivity index (χ0v) is 11.0. The van der Waals surface area contributed by atoms with E-state index in [1.54, 1.807) is 11.3 Å². The van der Waals surface area contributed by atoms with Crippen molar-refractivity contribution in [3.8, 4) is 0 Å². The SMILES string of the molecule is Cc1nc(CNCc2cc3ccccc3o2)cs1. The molecule has 3 nitrogen and oxygen atoms in total. The van der Waals surface area contributed by atoms with Crippen LogP contribution in [0.5, 0.6) is 0 Å². The second kappa shape index (κ2) is 4.92. The lowest BCUT2D eigenvalue weighted by Gasteiger charge is -1.98. The molecule has 3 aromatic rings. The third-order valence-electron chi connectivity index (χ3n) is 2.75. The summed E-state index contributed by atoms with van der Waals surface area (Å²) in [7, 11) is 0. The van der Waals surface area contributed by atoms with Crippen molar-refractivity contribution in [2.75, 3.05) is 0 Å². The zero-order chi connectivity index (χ0) is 12.4. The Morgan fingerprint density at radius 2 is 2.17 bits per heavy atom. The summed E-state index contributed by atoms with van der Waals surface area (Å²) in [5.41, 5.74) is 2.03. The second-order valence-electron chi connectivity index (χ2n) is 4.21. The van der Waals surface area contributed by atoms with E-state index in [1.165, 1.54) is 0 Å². The van der Waals surface area contributed by atoms with E-state index in [0.717, 1.165) is 40.5 Å². The normalized spacial score (nSPS) is 11.2. The van der Waals surface area contributed by atoms with Gasteiger partial charge in [0.2, 0.25) is 0 Å². The summed E-state index contributed by atoms with van der Waals surface area (Å²) < 4.78 is 5.73. The largest absolute Gasteiger partial charge is 0.460 e. The quantitative estimate of drug-likeness (QED) is 0.778. The van der Waals surface area contributed by atoms with Crippen LogP contribution in [0.3, 0.4) is 0 Å². The van der Waals surface area contributed by atoms with Gasteiger partial charge >= 0.3 is 0 Å².